The van der Waals surface area contributed by atoms with E-state index in [1.807, 2.05) is 6.07 Å². The van der Waals surface area contributed by atoms with Gasteiger partial charge in [0.2, 0.25) is 5.88 Å². The summed E-state index contributed by atoms with van der Waals surface area (Å²) in [5, 5.41) is 2.49. The fourth-order valence-corrected chi connectivity index (χ4v) is 2.46. The molecule has 0 N–H and O–H groups in total. The highest BCUT2D eigenvalue weighted by Gasteiger charge is 2.14. The van der Waals surface area contributed by atoms with Crippen molar-refractivity contribution < 1.29 is 4.74 Å². The van der Waals surface area contributed by atoms with Gasteiger partial charge >= 0.3 is 0 Å². The van der Waals surface area contributed by atoms with Gasteiger partial charge in [0.25, 0.3) is 0 Å². The number of hydrogen-bond donors (Lipinski definition) is 1. The lowest BCUT2D eigenvalue weighted by Crippen LogP contribution is -2.10. The van der Waals surface area contributed by atoms with Gasteiger partial charge in [-0.1, -0.05) is 50.7 Å². The summed E-state index contributed by atoms with van der Waals surface area (Å²) >= 11 is 3.80. The third-order valence-corrected chi connectivity index (χ3v) is 3.45. The van der Waals surface area contributed by atoms with Crippen LogP contribution in [0.5, 0.6) is 5.88 Å². The Morgan fingerprint density at radius 2 is 2.11 bits per heavy atom. The van der Waals surface area contributed by atoms with Crippen LogP contribution in [0, 0.1) is 17.1 Å². The highest BCUT2D eigenvalue weighted by molar-refractivity contribution is 7.85. The molecule has 18 heavy (non-hydrogen) atoms. The van der Waals surface area contributed by atoms with Crippen LogP contribution in [0.25, 0.3) is 0 Å². The number of hydrogen-bond acceptors (Lipinski definition) is 4. The second-order valence-electron chi connectivity index (χ2n) is 4.63. The molecule has 0 bridgehead atoms. The first-order chi connectivity index (χ1) is 8.88. The number of nitrogens with zero attached hydrogens (tertiary/aromatic N) is 2. The van der Waals surface area contributed by atoms with Crippen LogP contribution in [-0.2, 0) is 6.42 Å². The second-order valence-corrected chi connectivity index (χ2v) is 4.86. The van der Waals surface area contributed by atoms with Gasteiger partial charge in [-0.3, -0.25) is 0 Å². The van der Waals surface area contributed by atoms with Crippen LogP contribution in [0.15, 0.2) is 12.4 Å². The maximum atomic E-state index is 5.40. The Morgan fingerprint density at radius 3 is 2.89 bits per heavy atom. The van der Waals surface area contributed by atoms with Gasteiger partial charge in [-0.2, -0.15) is 0 Å². The molecular formula is C14H18N2OS. The maximum Gasteiger partial charge on any atom is 0.217 e. The van der Waals surface area contributed by atoms with Crippen molar-refractivity contribution in [2.45, 2.75) is 38.5 Å². The maximum absolute atomic E-state index is 5.40. The van der Waals surface area contributed by atoms with Crippen LogP contribution in [0.3, 0.4) is 0 Å². The molecule has 1 aromatic heterocycles. The van der Waals surface area contributed by atoms with Crippen molar-refractivity contribution in [2.24, 2.45) is 5.92 Å². The zero-order chi connectivity index (χ0) is 12.6. The highest BCUT2D eigenvalue weighted by atomic mass is 32.1. The van der Waals surface area contributed by atoms with E-state index < -0.39 is 0 Å². The molecule has 1 saturated carbocycles. The van der Waals surface area contributed by atoms with Crippen molar-refractivity contribution >= 4 is 12.6 Å². The van der Waals surface area contributed by atoms with Gasteiger partial charge in [-0.05, 0) is 17.6 Å². The van der Waals surface area contributed by atoms with Gasteiger partial charge in [0.1, 0.15) is 6.33 Å². The third kappa shape index (κ3) is 4.23. The molecule has 1 heterocycles. The van der Waals surface area contributed by atoms with Gasteiger partial charge in [-0.15, -0.1) is 0 Å². The summed E-state index contributed by atoms with van der Waals surface area (Å²) in [7, 11) is 0. The molecule has 0 aliphatic heterocycles. The van der Waals surface area contributed by atoms with Crippen LogP contribution in [0.1, 0.15) is 37.8 Å². The van der Waals surface area contributed by atoms with E-state index in [-0.39, 0.29) is 0 Å². The Hall–Kier alpha value is -1.21. The molecule has 1 aliphatic carbocycles. The Labute approximate surface area is 114 Å². The van der Waals surface area contributed by atoms with Crippen molar-refractivity contribution in [3.8, 4) is 17.1 Å². The van der Waals surface area contributed by atoms with Gasteiger partial charge in [0, 0.05) is 11.8 Å². The lowest BCUT2D eigenvalue weighted by atomic mass is 9.86. The van der Waals surface area contributed by atoms with E-state index in [0.717, 1.165) is 18.0 Å². The average Bonchev–Trinajstić information content (AvgIpc) is 2.41. The monoisotopic (exact) mass is 262 g/mol. The summed E-state index contributed by atoms with van der Waals surface area (Å²) in [6.45, 7) is 0.323. The molecule has 0 saturated heterocycles. The first-order valence-corrected chi connectivity index (χ1v) is 6.89. The van der Waals surface area contributed by atoms with E-state index in [0.29, 0.717) is 12.5 Å². The van der Waals surface area contributed by atoms with E-state index >= 15 is 0 Å². The summed E-state index contributed by atoms with van der Waals surface area (Å²) in [5.74, 6) is 4.11. The topological polar surface area (TPSA) is 35.0 Å². The number of aromatic nitrogens is 2. The van der Waals surface area contributed by atoms with Gasteiger partial charge in [0.15, 0.2) is 6.61 Å². The minimum atomic E-state index is 0.323. The van der Waals surface area contributed by atoms with E-state index in [2.05, 4.69) is 33.8 Å². The summed E-state index contributed by atoms with van der Waals surface area (Å²) in [6, 6.07) is 1.93. The normalized spacial score (nSPS) is 15.8. The zero-order valence-corrected chi connectivity index (χ0v) is 11.3. The van der Waals surface area contributed by atoms with Crippen molar-refractivity contribution in [3.05, 3.63) is 18.1 Å². The van der Waals surface area contributed by atoms with E-state index in [9.17, 15) is 0 Å². The molecule has 1 aromatic rings. The summed E-state index contributed by atoms with van der Waals surface area (Å²) in [6.07, 6.45) is 9.36. The molecule has 1 fully saturated rings. The van der Waals surface area contributed by atoms with E-state index in [1.54, 1.807) is 6.33 Å². The average molecular weight is 262 g/mol. The molecule has 2 rings (SSSR count). The molecular weight excluding hydrogens is 244 g/mol. The lowest BCUT2D eigenvalue weighted by Gasteiger charge is -2.20. The molecule has 1 aliphatic rings. The fourth-order valence-electron chi connectivity index (χ4n) is 2.40. The third-order valence-electron chi connectivity index (χ3n) is 3.29. The number of rotatable bonds is 4. The smallest absolute Gasteiger partial charge is 0.217 e. The van der Waals surface area contributed by atoms with Crippen LogP contribution in [-0.4, -0.2) is 16.6 Å². The Kier molecular flexibility index (Phi) is 5.35. The molecule has 0 atom stereocenters. The molecule has 0 spiro atoms. The minimum Gasteiger partial charge on any atom is -0.464 e. The SMILES string of the molecule is SC#CCOc1cc(CC2CCCCC2)ncn1. The van der Waals surface area contributed by atoms with Crippen LogP contribution in [0.4, 0.5) is 0 Å². The zero-order valence-electron chi connectivity index (χ0n) is 10.4. The molecule has 3 nitrogen and oxygen atoms in total. The van der Waals surface area contributed by atoms with Crippen LogP contribution >= 0.6 is 12.6 Å². The summed E-state index contributed by atoms with van der Waals surface area (Å²) < 4.78 is 5.40. The number of ether oxygens (including phenoxy) is 1. The van der Waals surface area contributed by atoms with Crippen molar-refractivity contribution in [1.82, 2.24) is 9.97 Å². The predicted octanol–water partition coefficient (Wildman–Crippen LogP) is 2.87. The molecule has 4 heteroatoms. The first-order valence-electron chi connectivity index (χ1n) is 6.44. The Morgan fingerprint density at radius 1 is 1.28 bits per heavy atom. The minimum absolute atomic E-state index is 0.323. The first kappa shape index (κ1) is 13.2. The van der Waals surface area contributed by atoms with Gasteiger partial charge in [0.05, 0.1) is 0 Å². The fraction of sp³-hybridized carbons (Fsp3) is 0.571. The standard InChI is InChI=1S/C14H18N2OS/c18-8-4-7-17-14-10-13(15-11-16-14)9-12-5-2-1-3-6-12/h10-12,18H,1-3,5-7,9H2. The Balaban J connectivity index is 1.90. The number of thiol groups is 1. The molecule has 0 radical (unpaired) electrons. The molecule has 96 valence electrons. The molecule has 0 aromatic carbocycles. The van der Waals surface area contributed by atoms with Crippen LogP contribution < -0.4 is 4.74 Å². The van der Waals surface area contributed by atoms with E-state index in [1.165, 1.54) is 32.1 Å². The van der Waals surface area contributed by atoms with Crippen molar-refractivity contribution in [3.63, 3.8) is 0 Å². The van der Waals surface area contributed by atoms with E-state index in [4.69, 9.17) is 4.74 Å². The van der Waals surface area contributed by atoms with Gasteiger partial charge < -0.3 is 4.74 Å². The molecule has 0 unspecified atom stereocenters. The van der Waals surface area contributed by atoms with Crippen molar-refractivity contribution in [2.75, 3.05) is 6.61 Å². The second kappa shape index (κ2) is 7.27. The Bertz CT molecular complexity index is 433. The van der Waals surface area contributed by atoms with Crippen LogP contribution in [0.2, 0.25) is 0 Å². The quantitative estimate of drug-likeness (QED) is 0.669. The highest BCUT2D eigenvalue weighted by Crippen LogP contribution is 2.26. The lowest BCUT2D eigenvalue weighted by molar-refractivity contribution is 0.344. The largest absolute Gasteiger partial charge is 0.464 e. The summed E-state index contributed by atoms with van der Waals surface area (Å²) in [4.78, 5) is 8.40. The predicted molar refractivity (Wildman–Crippen MR) is 74.6 cm³/mol. The summed E-state index contributed by atoms with van der Waals surface area (Å²) in [5.41, 5.74) is 1.07. The van der Waals surface area contributed by atoms with Crippen molar-refractivity contribution in [1.29, 1.82) is 0 Å². The van der Waals surface area contributed by atoms with Gasteiger partial charge in [-0.25, -0.2) is 9.97 Å². The molecule has 0 amide bonds.